The Hall–Kier alpha value is -3.28. The van der Waals surface area contributed by atoms with Crippen molar-refractivity contribution >= 4 is 22.6 Å². The lowest BCUT2D eigenvalue weighted by Crippen LogP contribution is -2.20. The van der Waals surface area contributed by atoms with E-state index in [0.29, 0.717) is 17.0 Å². The summed E-state index contributed by atoms with van der Waals surface area (Å²) in [5.41, 5.74) is 0.651. The first-order chi connectivity index (χ1) is 13.7. The van der Waals surface area contributed by atoms with E-state index >= 15 is 0 Å². The highest BCUT2D eigenvalue weighted by molar-refractivity contribution is 5.92. The molecular formula is C22H21NO5. The molecular weight excluding hydrogens is 358 g/mol. The molecule has 0 atom stereocenters. The van der Waals surface area contributed by atoms with Gasteiger partial charge in [-0.25, -0.2) is 4.79 Å². The van der Waals surface area contributed by atoms with E-state index < -0.39 is 5.63 Å². The molecule has 3 aromatic rings. The van der Waals surface area contributed by atoms with Crippen molar-refractivity contribution in [1.82, 2.24) is 0 Å². The van der Waals surface area contributed by atoms with Crippen LogP contribution in [0.15, 0.2) is 63.8 Å². The first kappa shape index (κ1) is 18.1. The maximum atomic E-state index is 12.2. The minimum atomic E-state index is -0.429. The number of amides is 1. The van der Waals surface area contributed by atoms with E-state index in [1.165, 1.54) is 18.9 Å². The lowest BCUT2D eigenvalue weighted by atomic mass is 10.2. The number of rotatable bonds is 6. The van der Waals surface area contributed by atoms with Crippen LogP contribution in [0.1, 0.15) is 25.7 Å². The van der Waals surface area contributed by atoms with Gasteiger partial charge in [0.05, 0.1) is 6.10 Å². The van der Waals surface area contributed by atoms with Gasteiger partial charge in [0.15, 0.2) is 6.61 Å². The molecule has 144 valence electrons. The molecule has 1 saturated carbocycles. The second-order valence-electron chi connectivity index (χ2n) is 6.84. The predicted molar refractivity (Wildman–Crippen MR) is 106 cm³/mol. The highest BCUT2D eigenvalue weighted by Crippen LogP contribution is 2.26. The molecule has 0 radical (unpaired) electrons. The van der Waals surface area contributed by atoms with Crippen molar-refractivity contribution in [2.24, 2.45) is 0 Å². The molecule has 1 aliphatic carbocycles. The van der Waals surface area contributed by atoms with Crippen molar-refractivity contribution in [1.29, 1.82) is 0 Å². The zero-order valence-electron chi connectivity index (χ0n) is 15.4. The van der Waals surface area contributed by atoms with Crippen LogP contribution in [0.3, 0.4) is 0 Å². The van der Waals surface area contributed by atoms with E-state index in [1.807, 2.05) is 24.3 Å². The maximum Gasteiger partial charge on any atom is 0.336 e. The van der Waals surface area contributed by atoms with Crippen LogP contribution < -0.4 is 20.4 Å². The molecule has 1 N–H and O–H groups in total. The summed E-state index contributed by atoms with van der Waals surface area (Å²) in [6.45, 7) is -0.156. The molecule has 0 bridgehead atoms. The van der Waals surface area contributed by atoms with E-state index in [2.05, 4.69) is 5.32 Å². The number of fused-ring (bicyclic) bond motifs is 1. The summed E-state index contributed by atoms with van der Waals surface area (Å²) in [4.78, 5) is 23.5. The molecule has 0 spiro atoms. The zero-order valence-corrected chi connectivity index (χ0v) is 15.4. The van der Waals surface area contributed by atoms with Gasteiger partial charge >= 0.3 is 5.63 Å². The van der Waals surface area contributed by atoms with Gasteiger partial charge in [-0.05, 0) is 56.0 Å². The monoisotopic (exact) mass is 379 g/mol. The Morgan fingerprint density at radius 1 is 1.04 bits per heavy atom. The van der Waals surface area contributed by atoms with Crippen molar-refractivity contribution in [3.8, 4) is 11.5 Å². The molecule has 4 rings (SSSR count). The van der Waals surface area contributed by atoms with Gasteiger partial charge in [-0.2, -0.15) is 0 Å². The number of hydrogen-bond acceptors (Lipinski definition) is 5. The second-order valence-corrected chi connectivity index (χ2v) is 6.84. The number of hydrogen-bond donors (Lipinski definition) is 1. The lowest BCUT2D eigenvalue weighted by molar-refractivity contribution is -0.118. The SMILES string of the molecule is O=C(COc1ccc2ccc(=O)oc2c1)Nc1cccc(OC2CCCC2)c1. The van der Waals surface area contributed by atoms with Gasteiger partial charge < -0.3 is 19.2 Å². The number of carbonyl (C=O) groups is 1. The Labute approximate surface area is 162 Å². The Bertz CT molecular complexity index is 1040. The smallest absolute Gasteiger partial charge is 0.336 e. The van der Waals surface area contributed by atoms with Gasteiger partial charge in [0.1, 0.15) is 17.1 Å². The van der Waals surface area contributed by atoms with Crippen LogP contribution in [0.5, 0.6) is 11.5 Å². The molecule has 1 heterocycles. The number of ether oxygens (including phenoxy) is 2. The van der Waals surface area contributed by atoms with Gasteiger partial charge in [-0.3, -0.25) is 4.79 Å². The van der Waals surface area contributed by atoms with E-state index in [0.717, 1.165) is 24.0 Å². The molecule has 28 heavy (non-hydrogen) atoms. The van der Waals surface area contributed by atoms with Gasteiger partial charge in [-0.1, -0.05) is 6.07 Å². The third-order valence-corrected chi connectivity index (χ3v) is 4.69. The highest BCUT2D eigenvalue weighted by atomic mass is 16.5. The summed E-state index contributed by atoms with van der Waals surface area (Å²) in [6.07, 6.45) is 4.84. The predicted octanol–water partition coefficient (Wildman–Crippen LogP) is 4.13. The lowest BCUT2D eigenvalue weighted by Gasteiger charge is -2.14. The zero-order chi connectivity index (χ0) is 19.3. The van der Waals surface area contributed by atoms with Crippen molar-refractivity contribution in [3.05, 3.63) is 65.0 Å². The third kappa shape index (κ3) is 4.52. The van der Waals surface area contributed by atoms with Gasteiger partial charge in [0.25, 0.3) is 5.91 Å². The third-order valence-electron chi connectivity index (χ3n) is 4.69. The first-order valence-electron chi connectivity index (χ1n) is 9.39. The summed E-state index contributed by atoms with van der Waals surface area (Å²) < 4.78 is 16.6. The average Bonchev–Trinajstić information content (AvgIpc) is 3.19. The van der Waals surface area contributed by atoms with Crippen LogP contribution in [0.4, 0.5) is 5.69 Å². The van der Waals surface area contributed by atoms with Crippen LogP contribution in [-0.4, -0.2) is 18.6 Å². The Morgan fingerprint density at radius 2 is 1.86 bits per heavy atom. The van der Waals surface area contributed by atoms with Crippen LogP contribution in [0.25, 0.3) is 11.0 Å². The van der Waals surface area contributed by atoms with Gasteiger partial charge in [0.2, 0.25) is 0 Å². The number of nitrogens with one attached hydrogen (secondary N) is 1. The number of anilines is 1. The summed E-state index contributed by atoms with van der Waals surface area (Å²) in [6, 6.07) is 15.5. The van der Waals surface area contributed by atoms with Crippen LogP contribution in [-0.2, 0) is 4.79 Å². The fourth-order valence-electron chi connectivity index (χ4n) is 3.32. The Morgan fingerprint density at radius 3 is 2.71 bits per heavy atom. The van der Waals surface area contributed by atoms with Crippen LogP contribution in [0, 0.1) is 0 Å². The standard InChI is InChI=1S/C22H21NO5/c24-21(14-26-18-10-8-15-9-11-22(25)28-20(15)13-18)23-16-4-3-7-19(12-16)27-17-5-1-2-6-17/h3-4,7-13,17H,1-2,5-6,14H2,(H,23,24). The molecule has 1 fully saturated rings. The van der Waals surface area contributed by atoms with E-state index in [-0.39, 0.29) is 18.6 Å². The van der Waals surface area contributed by atoms with Crippen molar-refractivity contribution < 1.29 is 18.7 Å². The molecule has 1 amide bonds. The summed E-state index contributed by atoms with van der Waals surface area (Å²) in [5, 5.41) is 3.59. The average molecular weight is 379 g/mol. The highest BCUT2D eigenvalue weighted by Gasteiger charge is 2.16. The summed E-state index contributed by atoms with van der Waals surface area (Å²) in [5.74, 6) is 0.929. The topological polar surface area (TPSA) is 77.8 Å². The molecule has 6 nitrogen and oxygen atoms in total. The minimum absolute atomic E-state index is 0.156. The maximum absolute atomic E-state index is 12.2. The van der Waals surface area contributed by atoms with Crippen LogP contribution in [0.2, 0.25) is 0 Å². The fourth-order valence-corrected chi connectivity index (χ4v) is 3.32. The second kappa shape index (κ2) is 8.17. The molecule has 1 aromatic heterocycles. The fraction of sp³-hybridized carbons (Fsp3) is 0.273. The normalized spacial score (nSPS) is 14.1. The Kier molecular flexibility index (Phi) is 5.28. The van der Waals surface area contributed by atoms with E-state index in [1.54, 1.807) is 24.3 Å². The first-order valence-corrected chi connectivity index (χ1v) is 9.39. The molecule has 1 aliphatic rings. The van der Waals surface area contributed by atoms with Gasteiger partial charge in [-0.15, -0.1) is 0 Å². The van der Waals surface area contributed by atoms with Crippen molar-refractivity contribution in [2.45, 2.75) is 31.8 Å². The van der Waals surface area contributed by atoms with Gasteiger partial charge in [0, 0.05) is 29.3 Å². The quantitative estimate of drug-likeness (QED) is 0.652. The number of carbonyl (C=O) groups excluding carboxylic acids is 1. The Balaban J connectivity index is 1.34. The van der Waals surface area contributed by atoms with E-state index in [4.69, 9.17) is 13.9 Å². The van der Waals surface area contributed by atoms with Crippen molar-refractivity contribution in [3.63, 3.8) is 0 Å². The minimum Gasteiger partial charge on any atom is -0.490 e. The summed E-state index contributed by atoms with van der Waals surface area (Å²) >= 11 is 0. The molecule has 0 unspecified atom stereocenters. The van der Waals surface area contributed by atoms with E-state index in [9.17, 15) is 9.59 Å². The van der Waals surface area contributed by atoms with Crippen molar-refractivity contribution in [2.75, 3.05) is 11.9 Å². The molecule has 0 saturated heterocycles. The molecule has 0 aliphatic heterocycles. The van der Waals surface area contributed by atoms with Crippen LogP contribution >= 0.6 is 0 Å². The molecule has 2 aromatic carbocycles. The largest absolute Gasteiger partial charge is 0.490 e. The number of benzene rings is 2. The summed E-state index contributed by atoms with van der Waals surface area (Å²) in [7, 11) is 0. The molecule has 6 heteroatoms.